The van der Waals surface area contributed by atoms with Crippen LogP contribution in [0.3, 0.4) is 0 Å². The second-order valence-corrected chi connectivity index (χ2v) is 6.87. The van der Waals surface area contributed by atoms with Gasteiger partial charge in [-0.1, -0.05) is 0 Å². The molecule has 0 heterocycles. The molecule has 1 atom stereocenters. The highest BCUT2D eigenvalue weighted by Crippen LogP contribution is 2.39. The fourth-order valence-electron chi connectivity index (χ4n) is 2.68. The van der Waals surface area contributed by atoms with Crippen molar-refractivity contribution < 1.29 is 38.9 Å². The number of Topliss-reactive ketones (excluding diaryl/α,β-unsaturated/α-hetero) is 1. The van der Waals surface area contributed by atoms with Crippen LogP contribution in [0, 0.1) is 0 Å². The summed E-state index contributed by atoms with van der Waals surface area (Å²) < 4.78 is 10.1. The molecular formula is C18H19NO8S. The summed E-state index contributed by atoms with van der Waals surface area (Å²) in [6.45, 7) is 1.21. The molecule has 1 aliphatic carbocycles. The van der Waals surface area contributed by atoms with Crippen LogP contribution in [0.2, 0.25) is 0 Å². The maximum absolute atomic E-state index is 12.4. The number of amides is 1. The largest absolute Gasteiger partial charge is 0.507 e. The van der Waals surface area contributed by atoms with E-state index in [1.165, 1.54) is 27.2 Å². The molecule has 0 saturated heterocycles. The Labute approximate surface area is 164 Å². The minimum absolute atomic E-state index is 0.0230. The number of carboxylic acid groups (broad SMARTS) is 1. The third-order valence-electron chi connectivity index (χ3n) is 3.99. The number of aliphatic carboxylic acids is 1. The number of hydrogen-bond donors (Lipinski definition) is 3. The van der Waals surface area contributed by atoms with Gasteiger partial charge in [0.1, 0.15) is 17.5 Å². The van der Waals surface area contributed by atoms with E-state index in [-0.39, 0.29) is 39.7 Å². The molecule has 0 aromatic heterocycles. The van der Waals surface area contributed by atoms with E-state index in [1.54, 1.807) is 0 Å². The van der Waals surface area contributed by atoms with Crippen molar-refractivity contribution in [3.63, 3.8) is 0 Å². The number of ether oxygens (including phenoxy) is 2. The highest BCUT2D eigenvalue weighted by atomic mass is 32.2. The van der Waals surface area contributed by atoms with Crippen molar-refractivity contribution in [1.29, 1.82) is 0 Å². The number of methoxy groups -OCH3 is 2. The van der Waals surface area contributed by atoms with Crippen molar-refractivity contribution in [3.05, 3.63) is 34.6 Å². The topological polar surface area (TPSA) is 139 Å². The van der Waals surface area contributed by atoms with Gasteiger partial charge in [-0.2, -0.15) is 11.8 Å². The van der Waals surface area contributed by atoms with Crippen LogP contribution in [0.5, 0.6) is 11.5 Å². The number of carboxylic acids is 1. The number of rotatable bonds is 8. The van der Waals surface area contributed by atoms with Crippen molar-refractivity contribution in [2.45, 2.75) is 18.7 Å². The van der Waals surface area contributed by atoms with E-state index >= 15 is 0 Å². The lowest BCUT2D eigenvalue weighted by Crippen LogP contribution is -2.41. The van der Waals surface area contributed by atoms with Gasteiger partial charge in [-0.25, -0.2) is 4.79 Å². The Bertz CT molecular complexity index is 877. The number of phenols is 1. The number of aromatic hydroxyl groups is 1. The predicted octanol–water partition coefficient (Wildman–Crippen LogP) is 1.13. The second-order valence-electron chi connectivity index (χ2n) is 5.84. The quantitative estimate of drug-likeness (QED) is 0.576. The number of benzene rings is 1. The normalized spacial score (nSPS) is 14.0. The molecule has 10 heteroatoms. The molecule has 150 valence electrons. The fourth-order valence-corrected chi connectivity index (χ4v) is 3.74. The summed E-state index contributed by atoms with van der Waals surface area (Å²) in [6, 6.07) is 0.239. The van der Waals surface area contributed by atoms with Gasteiger partial charge in [0.25, 0.3) is 0 Å². The Morgan fingerprint density at radius 2 is 1.93 bits per heavy atom. The molecule has 0 bridgehead atoms. The molecule has 0 spiro atoms. The van der Waals surface area contributed by atoms with Crippen molar-refractivity contribution in [2.75, 3.05) is 20.0 Å². The first-order valence-corrected chi connectivity index (χ1v) is 9.21. The molecule has 0 fully saturated rings. The van der Waals surface area contributed by atoms with Crippen molar-refractivity contribution in [3.8, 4) is 11.5 Å². The molecule has 28 heavy (non-hydrogen) atoms. The molecule has 3 N–H and O–H groups in total. The zero-order valence-corrected chi connectivity index (χ0v) is 16.2. The standard InChI is InChI=1S/C18H19NO8S/c1-8(20)19-11(18(24)25)7-28-6-10-13(26-2)4-9-15(17(10)23)12(21)5-14(27-3)16(9)22/h4-5,11,23H,6-7H2,1-3H3,(H,19,20)(H,24,25). The van der Waals surface area contributed by atoms with Crippen LogP contribution in [0.15, 0.2) is 17.9 Å². The Morgan fingerprint density at radius 1 is 1.25 bits per heavy atom. The minimum Gasteiger partial charge on any atom is -0.507 e. The van der Waals surface area contributed by atoms with Gasteiger partial charge in [-0.3, -0.25) is 14.4 Å². The molecule has 1 aliphatic rings. The van der Waals surface area contributed by atoms with Gasteiger partial charge in [-0.15, -0.1) is 0 Å². The third kappa shape index (κ3) is 4.28. The van der Waals surface area contributed by atoms with Gasteiger partial charge in [-0.05, 0) is 6.07 Å². The molecule has 1 aromatic carbocycles. The van der Waals surface area contributed by atoms with E-state index in [0.29, 0.717) is 0 Å². The maximum atomic E-state index is 12.4. The van der Waals surface area contributed by atoms with Crippen molar-refractivity contribution >= 4 is 35.2 Å². The molecule has 1 unspecified atom stereocenters. The number of ketones is 2. The summed E-state index contributed by atoms with van der Waals surface area (Å²) in [5, 5.41) is 22.0. The lowest BCUT2D eigenvalue weighted by Gasteiger charge is -2.20. The average molecular weight is 409 g/mol. The summed E-state index contributed by atoms with van der Waals surface area (Å²) in [7, 11) is 2.60. The SMILES string of the molecule is COC1=CC(=O)c2c(cc(OC)c(CSCC(NC(C)=O)C(=O)O)c2O)C1=O. The number of carbonyl (C=O) groups excluding carboxylic acids is 3. The van der Waals surface area contributed by atoms with E-state index in [9.17, 15) is 24.3 Å². The smallest absolute Gasteiger partial charge is 0.327 e. The summed E-state index contributed by atoms with van der Waals surface area (Å²) in [5.41, 5.74) is 0.0570. The number of nitrogens with one attached hydrogen (secondary N) is 1. The van der Waals surface area contributed by atoms with Gasteiger partial charge in [0.15, 0.2) is 11.5 Å². The summed E-state index contributed by atoms with van der Waals surface area (Å²) >= 11 is 1.11. The van der Waals surface area contributed by atoms with E-state index in [2.05, 4.69) is 5.32 Å². The Hall–Kier alpha value is -3.01. The molecule has 9 nitrogen and oxygen atoms in total. The Kier molecular flexibility index (Phi) is 6.68. The Morgan fingerprint density at radius 3 is 2.46 bits per heavy atom. The molecule has 1 amide bonds. The predicted molar refractivity (Wildman–Crippen MR) is 99.8 cm³/mol. The first-order valence-electron chi connectivity index (χ1n) is 8.06. The number of carbonyl (C=O) groups is 4. The summed E-state index contributed by atoms with van der Waals surface area (Å²) in [4.78, 5) is 47.0. The maximum Gasteiger partial charge on any atom is 0.327 e. The van der Waals surface area contributed by atoms with Crippen LogP contribution in [0.1, 0.15) is 33.2 Å². The first-order chi connectivity index (χ1) is 13.2. The van der Waals surface area contributed by atoms with Crippen LogP contribution >= 0.6 is 11.8 Å². The van der Waals surface area contributed by atoms with Gasteiger partial charge in [0.05, 0.1) is 19.8 Å². The van der Waals surface area contributed by atoms with Gasteiger partial charge >= 0.3 is 5.97 Å². The van der Waals surface area contributed by atoms with Gasteiger partial charge in [0.2, 0.25) is 11.7 Å². The number of allylic oxidation sites excluding steroid dienone is 2. The van der Waals surface area contributed by atoms with E-state index in [1.807, 2.05) is 0 Å². The molecular weight excluding hydrogens is 390 g/mol. The number of thioether (sulfide) groups is 1. The molecule has 0 saturated carbocycles. The monoisotopic (exact) mass is 409 g/mol. The van der Waals surface area contributed by atoms with E-state index in [0.717, 1.165) is 17.8 Å². The third-order valence-corrected chi connectivity index (χ3v) is 5.05. The Balaban J connectivity index is 2.31. The summed E-state index contributed by atoms with van der Waals surface area (Å²) in [5.74, 6) is -3.06. The van der Waals surface area contributed by atoms with Gasteiger partial charge in [0, 0.05) is 35.6 Å². The molecule has 0 aliphatic heterocycles. The van der Waals surface area contributed by atoms with Crippen molar-refractivity contribution in [2.24, 2.45) is 0 Å². The van der Waals surface area contributed by atoms with Crippen LogP contribution in [0.25, 0.3) is 0 Å². The number of phenolic OH excluding ortho intramolecular Hbond substituents is 1. The lowest BCUT2D eigenvalue weighted by atomic mass is 9.90. The zero-order valence-electron chi connectivity index (χ0n) is 15.4. The molecule has 2 rings (SSSR count). The van der Waals surface area contributed by atoms with E-state index < -0.39 is 35.2 Å². The average Bonchev–Trinajstić information content (AvgIpc) is 2.63. The van der Waals surface area contributed by atoms with E-state index in [4.69, 9.17) is 14.6 Å². The fraction of sp³-hybridized carbons (Fsp3) is 0.333. The lowest BCUT2D eigenvalue weighted by molar-refractivity contribution is -0.140. The zero-order chi connectivity index (χ0) is 21.0. The van der Waals surface area contributed by atoms with Crippen LogP contribution < -0.4 is 10.1 Å². The summed E-state index contributed by atoms with van der Waals surface area (Å²) in [6.07, 6.45) is 1.00. The number of fused-ring (bicyclic) bond motifs is 1. The van der Waals surface area contributed by atoms with Crippen LogP contribution in [0.4, 0.5) is 0 Å². The first kappa shape index (κ1) is 21.3. The molecule has 0 radical (unpaired) electrons. The van der Waals surface area contributed by atoms with Crippen LogP contribution in [-0.4, -0.2) is 59.7 Å². The van der Waals surface area contributed by atoms with Gasteiger partial charge < -0.3 is 25.0 Å². The minimum atomic E-state index is -1.19. The number of hydrogen-bond acceptors (Lipinski definition) is 8. The van der Waals surface area contributed by atoms with Crippen molar-refractivity contribution in [1.82, 2.24) is 5.32 Å². The van der Waals surface area contributed by atoms with Crippen LogP contribution in [-0.2, 0) is 20.1 Å². The molecule has 1 aromatic rings. The highest BCUT2D eigenvalue weighted by Gasteiger charge is 2.32. The second kappa shape index (κ2) is 8.79. The highest BCUT2D eigenvalue weighted by molar-refractivity contribution is 7.98.